The van der Waals surface area contributed by atoms with E-state index in [0.29, 0.717) is 0 Å². The fourth-order valence-corrected chi connectivity index (χ4v) is 3.05. The normalized spacial score (nSPS) is 37.1. The lowest BCUT2D eigenvalue weighted by atomic mass is 9.98. The molecule has 9 unspecified atom stereocenters. The van der Waals surface area contributed by atoms with Crippen molar-refractivity contribution in [2.45, 2.75) is 96.3 Å². The highest BCUT2D eigenvalue weighted by Gasteiger charge is 2.49. The molecule has 2 rings (SSSR count). The third-order valence-corrected chi connectivity index (χ3v) is 4.47. The van der Waals surface area contributed by atoms with Crippen LogP contribution in [0, 0.1) is 0 Å². The fourth-order valence-electron chi connectivity index (χ4n) is 3.05. The highest BCUT2D eigenvalue weighted by atomic mass is 16.8. The average Bonchev–Trinajstić information content (AvgIpc) is 2.72. The largest absolute Gasteiger partial charge is 0.463 e. The molecule has 0 aromatic heterocycles. The van der Waals surface area contributed by atoms with Crippen LogP contribution in [0.15, 0.2) is 0 Å². The molecular formula is C20H36O12. The van der Waals surface area contributed by atoms with Crippen molar-refractivity contribution in [2.75, 3.05) is 19.8 Å². The van der Waals surface area contributed by atoms with Crippen LogP contribution in [0.1, 0.15) is 41.0 Å². The van der Waals surface area contributed by atoms with Crippen molar-refractivity contribution in [1.29, 1.82) is 0 Å². The Morgan fingerprint density at radius 3 is 2.06 bits per heavy atom. The third kappa shape index (κ3) is 8.19. The van der Waals surface area contributed by atoms with E-state index in [0.717, 1.165) is 6.92 Å². The van der Waals surface area contributed by atoms with Crippen LogP contribution in [0.4, 0.5) is 0 Å². The summed E-state index contributed by atoms with van der Waals surface area (Å²) in [5.41, 5.74) is 0. The van der Waals surface area contributed by atoms with E-state index in [1.54, 1.807) is 6.92 Å². The predicted molar refractivity (Wildman–Crippen MR) is 107 cm³/mol. The predicted octanol–water partition coefficient (Wildman–Crippen LogP) is -1.16. The van der Waals surface area contributed by atoms with Crippen molar-refractivity contribution in [3.63, 3.8) is 0 Å². The molecule has 0 amide bonds. The first-order chi connectivity index (χ1) is 15.1. The number of hydrogen-bond donors (Lipinski definition) is 4. The summed E-state index contributed by atoms with van der Waals surface area (Å²) < 4.78 is 31.7. The van der Waals surface area contributed by atoms with Gasteiger partial charge in [0.05, 0.1) is 6.61 Å². The van der Waals surface area contributed by atoms with Crippen LogP contribution in [0.25, 0.3) is 0 Å². The van der Waals surface area contributed by atoms with Gasteiger partial charge >= 0.3 is 11.9 Å². The highest BCUT2D eigenvalue weighted by Crippen LogP contribution is 2.28. The summed E-state index contributed by atoms with van der Waals surface area (Å²) in [6.45, 7) is 7.94. The summed E-state index contributed by atoms with van der Waals surface area (Å²) >= 11 is 0. The zero-order valence-electron chi connectivity index (χ0n) is 19.1. The Bertz CT molecular complexity index is 573. The lowest BCUT2D eigenvalue weighted by Crippen LogP contribution is -2.63. The first-order valence-corrected chi connectivity index (χ1v) is 10.6. The van der Waals surface area contributed by atoms with Gasteiger partial charge in [0.2, 0.25) is 0 Å². The number of esters is 2. The quantitative estimate of drug-likeness (QED) is 0.331. The molecule has 12 heteroatoms. The number of rotatable bonds is 7. The smallest absolute Gasteiger partial charge is 0.303 e. The summed E-state index contributed by atoms with van der Waals surface area (Å²) in [6.07, 6.45) is -11.2. The number of carbonyl (C=O) groups excluding carboxylic acids is 2. The van der Waals surface area contributed by atoms with Crippen molar-refractivity contribution in [2.24, 2.45) is 0 Å². The zero-order chi connectivity index (χ0) is 24.4. The van der Waals surface area contributed by atoms with Crippen LogP contribution < -0.4 is 0 Å². The summed E-state index contributed by atoms with van der Waals surface area (Å²) in [5, 5.41) is 40.9. The Morgan fingerprint density at radius 1 is 0.906 bits per heavy atom. The maximum Gasteiger partial charge on any atom is 0.303 e. The Labute approximate surface area is 187 Å². The number of ether oxygens (including phenoxy) is 6. The molecule has 2 saturated heterocycles. The van der Waals surface area contributed by atoms with Gasteiger partial charge in [-0.15, -0.1) is 0 Å². The van der Waals surface area contributed by atoms with Gasteiger partial charge in [0, 0.05) is 20.5 Å². The summed E-state index contributed by atoms with van der Waals surface area (Å²) in [4.78, 5) is 22.2. The molecule has 188 valence electrons. The van der Waals surface area contributed by atoms with Crippen molar-refractivity contribution in [3.05, 3.63) is 0 Å². The van der Waals surface area contributed by atoms with Gasteiger partial charge in [0.15, 0.2) is 18.7 Å². The summed E-state index contributed by atoms with van der Waals surface area (Å²) in [6, 6.07) is 0. The van der Waals surface area contributed by atoms with Crippen LogP contribution in [0.3, 0.4) is 0 Å². The molecule has 4 N–H and O–H groups in total. The molecule has 2 fully saturated rings. The topological polar surface area (TPSA) is 170 Å². The van der Waals surface area contributed by atoms with Crippen molar-refractivity contribution >= 4 is 11.9 Å². The standard InChI is InChI=1S/C17H28O12.C3H8/c1-4-24-17-15(12(21)10(6-26-17)27-8(3)19)29-16-14(23)13(22)11(20)9(28-16)5-25-7(2)18;1-3-2/h9-17,20-23H,4-6H2,1-3H3;3H2,1-2H3. The molecule has 0 aliphatic carbocycles. The van der Waals surface area contributed by atoms with Gasteiger partial charge in [-0.1, -0.05) is 20.3 Å². The molecule has 9 atom stereocenters. The molecule has 12 nitrogen and oxygen atoms in total. The monoisotopic (exact) mass is 468 g/mol. The molecule has 2 heterocycles. The van der Waals surface area contributed by atoms with E-state index in [9.17, 15) is 30.0 Å². The lowest BCUT2D eigenvalue weighted by molar-refractivity contribution is -0.356. The zero-order valence-corrected chi connectivity index (χ0v) is 19.1. The second kappa shape index (κ2) is 14.0. The van der Waals surface area contributed by atoms with E-state index in [2.05, 4.69) is 13.8 Å². The number of aliphatic hydroxyl groups is 4. The van der Waals surface area contributed by atoms with E-state index < -0.39 is 73.9 Å². The van der Waals surface area contributed by atoms with Gasteiger partial charge in [0.25, 0.3) is 0 Å². The van der Waals surface area contributed by atoms with Crippen molar-refractivity contribution in [3.8, 4) is 0 Å². The van der Waals surface area contributed by atoms with E-state index in [-0.39, 0.29) is 13.2 Å². The molecule has 0 radical (unpaired) electrons. The minimum atomic E-state index is -1.69. The van der Waals surface area contributed by atoms with Crippen LogP contribution >= 0.6 is 0 Å². The van der Waals surface area contributed by atoms with Gasteiger partial charge in [-0.05, 0) is 6.92 Å². The average molecular weight is 468 g/mol. The SMILES string of the molecule is CCC.CCOC1OCC(OC(C)=O)C(O)C1OC1OC(COC(C)=O)C(O)C(O)C1O. The maximum absolute atomic E-state index is 11.2. The first-order valence-electron chi connectivity index (χ1n) is 10.6. The number of hydrogen-bond acceptors (Lipinski definition) is 12. The minimum absolute atomic E-state index is 0.143. The van der Waals surface area contributed by atoms with E-state index in [1.807, 2.05) is 0 Å². The number of aliphatic hydroxyl groups excluding tert-OH is 4. The maximum atomic E-state index is 11.2. The van der Waals surface area contributed by atoms with Gasteiger partial charge in [0.1, 0.15) is 43.2 Å². The lowest BCUT2D eigenvalue weighted by Gasteiger charge is -2.44. The van der Waals surface area contributed by atoms with E-state index >= 15 is 0 Å². The van der Waals surface area contributed by atoms with Crippen molar-refractivity contribution < 1.29 is 58.4 Å². The van der Waals surface area contributed by atoms with Gasteiger partial charge in [-0.2, -0.15) is 0 Å². The Hall–Kier alpha value is -1.38. The Kier molecular flexibility index (Phi) is 12.5. The fraction of sp³-hybridized carbons (Fsp3) is 0.900. The second-order valence-corrected chi connectivity index (χ2v) is 7.42. The van der Waals surface area contributed by atoms with E-state index in [4.69, 9.17) is 28.4 Å². The van der Waals surface area contributed by atoms with Gasteiger partial charge in [-0.3, -0.25) is 9.59 Å². The molecule has 0 saturated carbocycles. The highest BCUT2D eigenvalue weighted by molar-refractivity contribution is 5.66. The van der Waals surface area contributed by atoms with Crippen LogP contribution in [-0.4, -0.2) is 107 Å². The van der Waals surface area contributed by atoms with Crippen molar-refractivity contribution in [1.82, 2.24) is 0 Å². The molecule has 2 aliphatic heterocycles. The number of carbonyl (C=O) groups is 2. The molecular weight excluding hydrogens is 432 g/mol. The molecule has 0 bridgehead atoms. The van der Waals surface area contributed by atoms with Crippen LogP contribution in [0.2, 0.25) is 0 Å². The Balaban J connectivity index is 0.00000161. The molecule has 32 heavy (non-hydrogen) atoms. The second-order valence-electron chi connectivity index (χ2n) is 7.42. The summed E-state index contributed by atoms with van der Waals surface area (Å²) in [7, 11) is 0. The third-order valence-electron chi connectivity index (χ3n) is 4.47. The Morgan fingerprint density at radius 2 is 1.53 bits per heavy atom. The van der Waals surface area contributed by atoms with Crippen LogP contribution in [-0.2, 0) is 38.0 Å². The molecule has 0 aromatic rings. The molecule has 0 spiro atoms. The van der Waals surface area contributed by atoms with Gasteiger partial charge < -0.3 is 48.8 Å². The first kappa shape index (κ1) is 28.7. The van der Waals surface area contributed by atoms with Gasteiger partial charge in [-0.25, -0.2) is 0 Å². The minimum Gasteiger partial charge on any atom is -0.463 e. The molecule has 0 aromatic carbocycles. The molecule has 2 aliphatic rings. The van der Waals surface area contributed by atoms with Crippen LogP contribution in [0.5, 0.6) is 0 Å². The van der Waals surface area contributed by atoms with E-state index in [1.165, 1.54) is 13.3 Å². The summed E-state index contributed by atoms with van der Waals surface area (Å²) in [5.74, 6) is -1.27.